The molecule has 0 fully saturated rings. The summed E-state index contributed by atoms with van der Waals surface area (Å²) in [6.07, 6.45) is 1.54. The van der Waals surface area contributed by atoms with Crippen LogP contribution in [0.2, 0.25) is 0 Å². The summed E-state index contributed by atoms with van der Waals surface area (Å²) in [4.78, 5) is 11.9. The summed E-state index contributed by atoms with van der Waals surface area (Å²) < 4.78 is 18.7. The van der Waals surface area contributed by atoms with Crippen molar-refractivity contribution >= 4 is 11.7 Å². The van der Waals surface area contributed by atoms with E-state index in [0.717, 1.165) is 0 Å². The van der Waals surface area contributed by atoms with Crippen molar-refractivity contribution in [2.45, 2.75) is 13.1 Å². The van der Waals surface area contributed by atoms with Gasteiger partial charge < -0.3 is 15.1 Å². The van der Waals surface area contributed by atoms with Crippen molar-refractivity contribution in [3.8, 4) is 0 Å². The number of carbonyl (C=O) groups excluding carboxylic acids is 1. The van der Waals surface area contributed by atoms with E-state index in [1.165, 1.54) is 12.3 Å². The Morgan fingerprint density at radius 1 is 1.04 bits per heavy atom. The number of anilines is 1. The third kappa shape index (κ3) is 3.95. The average molecular weight is 326 g/mol. The highest BCUT2D eigenvalue weighted by molar-refractivity contribution is 5.92. The van der Waals surface area contributed by atoms with Gasteiger partial charge in [-0.1, -0.05) is 18.2 Å². The van der Waals surface area contributed by atoms with Gasteiger partial charge >= 0.3 is 0 Å². The van der Waals surface area contributed by atoms with Gasteiger partial charge in [0.15, 0.2) is 5.69 Å². The first-order chi connectivity index (χ1) is 11.7. The number of hydrogen-bond acceptors (Lipinski definition) is 5. The van der Waals surface area contributed by atoms with Crippen molar-refractivity contribution in [3.05, 3.63) is 77.6 Å². The highest BCUT2D eigenvalue weighted by Gasteiger charge is 2.09. The molecule has 0 bridgehead atoms. The van der Waals surface area contributed by atoms with Gasteiger partial charge in [0.2, 0.25) is 0 Å². The number of halogens is 1. The van der Waals surface area contributed by atoms with E-state index in [9.17, 15) is 9.18 Å². The van der Waals surface area contributed by atoms with Gasteiger partial charge in [0.25, 0.3) is 5.91 Å². The Hall–Kier alpha value is -3.22. The normalized spacial score (nSPS) is 10.4. The molecule has 0 saturated carbocycles. The van der Waals surface area contributed by atoms with E-state index in [0.29, 0.717) is 17.1 Å². The first-order valence-corrected chi connectivity index (χ1v) is 7.34. The minimum absolute atomic E-state index is 0.193. The lowest BCUT2D eigenvalue weighted by Crippen LogP contribution is -2.24. The Morgan fingerprint density at radius 3 is 2.62 bits per heavy atom. The van der Waals surface area contributed by atoms with E-state index < -0.39 is 0 Å². The van der Waals surface area contributed by atoms with Crippen LogP contribution in [0.5, 0.6) is 0 Å². The molecule has 0 radical (unpaired) electrons. The molecule has 0 aliphatic rings. The Bertz CT molecular complexity index is 804. The molecule has 0 unspecified atom stereocenters. The van der Waals surface area contributed by atoms with Gasteiger partial charge in [-0.25, -0.2) is 4.39 Å². The Kier molecular flexibility index (Phi) is 4.81. The molecule has 2 aromatic heterocycles. The summed E-state index contributed by atoms with van der Waals surface area (Å²) in [7, 11) is 0. The quantitative estimate of drug-likeness (QED) is 0.728. The third-order valence-electron chi connectivity index (χ3n) is 3.32. The zero-order chi connectivity index (χ0) is 16.8. The minimum Gasteiger partial charge on any atom is -0.467 e. The fraction of sp³-hybridized carbons (Fsp3) is 0.118. The Balaban J connectivity index is 1.55. The molecule has 0 atom stereocenters. The summed E-state index contributed by atoms with van der Waals surface area (Å²) >= 11 is 0. The van der Waals surface area contributed by atoms with Gasteiger partial charge in [-0.2, -0.15) is 0 Å². The summed E-state index contributed by atoms with van der Waals surface area (Å²) in [5.74, 6) is 0.478. The SMILES string of the molecule is O=C(NCc1ccco1)c1ccc(NCc2ccccc2F)nn1. The van der Waals surface area contributed by atoms with Crippen LogP contribution < -0.4 is 10.6 Å². The molecule has 24 heavy (non-hydrogen) atoms. The summed E-state index contributed by atoms with van der Waals surface area (Å²) in [6.45, 7) is 0.562. The van der Waals surface area contributed by atoms with E-state index in [4.69, 9.17) is 4.42 Å². The van der Waals surface area contributed by atoms with Crippen LogP contribution in [-0.4, -0.2) is 16.1 Å². The fourth-order valence-corrected chi connectivity index (χ4v) is 2.05. The lowest BCUT2D eigenvalue weighted by Gasteiger charge is -2.07. The maximum atomic E-state index is 13.5. The molecule has 1 amide bonds. The highest BCUT2D eigenvalue weighted by Crippen LogP contribution is 2.09. The monoisotopic (exact) mass is 326 g/mol. The molecule has 0 saturated heterocycles. The number of amides is 1. The van der Waals surface area contributed by atoms with Crippen LogP contribution in [0.3, 0.4) is 0 Å². The largest absolute Gasteiger partial charge is 0.467 e. The Morgan fingerprint density at radius 2 is 1.92 bits per heavy atom. The molecule has 122 valence electrons. The highest BCUT2D eigenvalue weighted by atomic mass is 19.1. The second-order valence-electron chi connectivity index (χ2n) is 5.01. The number of rotatable bonds is 6. The van der Waals surface area contributed by atoms with E-state index >= 15 is 0 Å². The van der Waals surface area contributed by atoms with Gasteiger partial charge in [-0.3, -0.25) is 4.79 Å². The van der Waals surface area contributed by atoms with E-state index in [2.05, 4.69) is 20.8 Å². The summed E-state index contributed by atoms with van der Waals surface area (Å²) in [5, 5.41) is 13.4. The second-order valence-corrected chi connectivity index (χ2v) is 5.01. The predicted molar refractivity (Wildman–Crippen MR) is 85.6 cm³/mol. The van der Waals surface area contributed by atoms with Gasteiger partial charge in [-0.15, -0.1) is 10.2 Å². The number of furan rings is 1. The van der Waals surface area contributed by atoms with Crippen LogP contribution in [0.15, 0.2) is 59.2 Å². The van der Waals surface area contributed by atoms with Gasteiger partial charge in [0.05, 0.1) is 12.8 Å². The molecule has 7 heteroatoms. The molecule has 3 aromatic rings. The number of nitrogens with zero attached hydrogens (tertiary/aromatic N) is 2. The molecule has 0 spiro atoms. The van der Waals surface area contributed by atoms with Crippen LogP contribution in [0.25, 0.3) is 0 Å². The van der Waals surface area contributed by atoms with Gasteiger partial charge in [-0.05, 0) is 30.3 Å². The number of hydrogen-bond donors (Lipinski definition) is 2. The van der Waals surface area contributed by atoms with Crippen molar-refractivity contribution in [2.75, 3.05) is 5.32 Å². The molecule has 0 aliphatic heterocycles. The standard InChI is InChI=1S/C17H15FN4O2/c18-14-6-2-1-4-12(14)10-19-16-8-7-15(21-22-16)17(23)20-11-13-5-3-9-24-13/h1-9H,10-11H2,(H,19,22)(H,20,23). The zero-order valence-corrected chi connectivity index (χ0v) is 12.7. The smallest absolute Gasteiger partial charge is 0.272 e. The lowest BCUT2D eigenvalue weighted by molar-refractivity contribution is 0.0942. The number of nitrogens with one attached hydrogen (secondary N) is 2. The van der Waals surface area contributed by atoms with Crippen LogP contribution in [-0.2, 0) is 13.1 Å². The van der Waals surface area contributed by atoms with Crippen LogP contribution in [0.1, 0.15) is 21.8 Å². The first-order valence-electron chi connectivity index (χ1n) is 7.34. The van der Waals surface area contributed by atoms with Crippen molar-refractivity contribution in [2.24, 2.45) is 0 Å². The molecule has 1 aromatic carbocycles. The van der Waals surface area contributed by atoms with E-state index in [-0.39, 0.29) is 30.5 Å². The number of benzene rings is 1. The summed E-state index contributed by atoms with van der Waals surface area (Å²) in [5.41, 5.74) is 0.720. The van der Waals surface area contributed by atoms with Crippen LogP contribution in [0, 0.1) is 5.82 Å². The van der Waals surface area contributed by atoms with Crippen LogP contribution in [0.4, 0.5) is 10.2 Å². The van der Waals surface area contributed by atoms with Gasteiger partial charge in [0, 0.05) is 12.1 Å². The lowest BCUT2D eigenvalue weighted by atomic mass is 10.2. The van der Waals surface area contributed by atoms with Crippen molar-refractivity contribution < 1.29 is 13.6 Å². The molecular weight excluding hydrogens is 311 g/mol. The van der Waals surface area contributed by atoms with Crippen molar-refractivity contribution in [3.63, 3.8) is 0 Å². The van der Waals surface area contributed by atoms with E-state index in [1.54, 1.807) is 42.5 Å². The molecule has 2 N–H and O–H groups in total. The average Bonchev–Trinajstić information content (AvgIpc) is 3.13. The zero-order valence-electron chi connectivity index (χ0n) is 12.7. The topological polar surface area (TPSA) is 80.0 Å². The maximum absolute atomic E-state index is 13.5. The molecule has 0 aliphatic carbocycles. The first kappa shape index (κ1) is 15.7. The molecule has 3 rings (SSSR count). The predicted octanol–water partition coefficient (Wildman–Crippen LogP) is 2.75. The summed E-state index contributed by atoms with van der Waals surface area (Å²) in [6, 6.07) is 13.2. The molecular formula is C17H15FN4O2. The van der Waals surface area contributed by atoms with Crippen molar-refractivity contribution in [1.29, 1.82) is 0 Å². The van der Waals surface area contributed by atoms with Crippen molar-refractivity contribution in [1.82, 2.24) is 15.5 Å². The number of carbonyl (C=O) groups is 1. The van der Waals surface area contributed by atoms with Crippen LogP contribution >= 0.6 is 0 Å². The fourth-order valence-electron chi connectivity index (χ4n) is 2.05. The number of aromatic nitrogens is 2. The Labute approximate surface area is 137 Å². The molecule has 6 nitrogen and oxygen atoms in total. The van der Waals surface area contributed by atoms with E-state index in [1.807, 2.05) is 0 Å². The van der Waals surface area contributed by atoms with Gasteiger partial charge in [0.1, 0.15) is 17.4 Å². The minimum atomic E-state index is -0.348. The second kappa shape index (κ2) is 7.36. The maximum Gasteiger partial charge on any atom is 0.272 e. The molecule has 2 heterocycles. The third-order valence-corrected chi connectivity index (χ3v) is 3.32.